The number of allylic oxidation sites excluding steroid dienone is 1. The quantitative estimate of drug-likeness (QED) is 0.130. The minimum Gasteiger partial charge on any atom is -0.397 e. The predicted octanol–water partition coefficient (Wildman–Crippen LogP) is 8.28. The van der Waals surface area contributed by atoms with Crippen LogP contribution in [0.2, 0.25) is 0 Å². The minimum atomic E-state index is -4.59. The highest BCUT2D eigenvalue weighted by Crippen LogP contribution is 2.39. The van der Waals surface area contributed by atoms with Crippen molar-refractivity contribution in [3.63, 3.8) is 0 Å². The third kappa shape index (κ3) is 8.22. The molecular formula is C28H36BrF3N2O. The van der Waals surface area contributed by atoms with Gasteiger partial charge in [-0.2, -0.15) is 13.2 Å². The van der Waals surface area contributed by atoms with Gasteiger partial charge in [0.1, 0.15) is 6.04 Å². The second-order valence-electron chi connectivity index (χ2n) is 9.34. The van der Waals surface area contributed by atoms with Crippen LogP contribution in [0.5, 0.6) is 0 Å². The summed E-state index contributed by atoms with van der Waals surface area (Å²) in [4.78, 5) is 17.5. The molecule has 0 bridgehead atoms. The molecule has 35 heavy (non-hydrogen) atoms. The molecule has 1 saturated carbocycles. The molecule has 0 aromatic heterocycles. The van der Waals surface area contributed by atoms with Gasteiger partial charge in [-0.25, -0.2) is 0 Å². The zero-order chi connectivity index (χ0) is 26.2. The van der Waals surface area contributed by atoms with E-state index in [0.717, 1.165) is 51.0 Å². The third-order valence-electron chi connectivity index (χ3n) is 6.93. The van der Waals surface area contributed by atoms with Gasteiger partial charge in [0, 0.05) is 10.9 Å². The highest BCUT2D eigenvalue weighted by molar-refractivity contribution is 9.10. The van der Waals surface area contributed by atoms with Gasteiger partial charge in [-0.05, 0) is 108 Å². The number of aliphatic imine (C=N–C) groups is 1. The summed E-state index contributed by atoms with van der Waals surface area (Å²) in [6, 6.07) is 1.70. The van der Waals surface area contributed by atoms with Crippen LogP contribution in [0.3, 0.4) is 0 Å². The number of anilines is 1. The number of halogens is 4. The number of carbonyl (C=O) groups excluding carboxylic acids is 1. The van der Waals surface area contributed by atoms with Crippen LogP contribution in [0.15, 0.2) is 51.6 Å². The Morgan fingerprint density at radius 2 is 1.97 bits per heavy atom. The Morgan fingerprint density at radius 1 is 1.31 bits per heavy atom. The molecule has 1 aromatic rings. The molecule has 1 aromatic carbocycles. The van der Waals surface area contributed by atoms with Gasteiger partial charge in [-0.3, -0.25) is 9.79 Å². The maximum absolute atomic E-state index is 13.4. The summed E-state index contributed by atoms with van der Waals surface area (Å²) in [5.41, 5.74) is 9.50. The number of alkyl halides is 3. The van der Waals surface area contributed by atoms with Gasteiger partial charge >= 0.3 is 6.18 Å². The van der Waals surface area contributed by atoms with Gasteiger partial charge in [0.25, 0.3) is 0 Å². The van der Waals surface area contributed by atoms with Crippen molar-refractivity contribution in [3.05, 3.63) is 57.8 Å². The van der Waals surface area contributed by atoms with E-state index in [1.807, 2.05) is 0 Å². The van der Waals surface area contributed by atoms with E-state index in [2.05, 4.69) is 46.7 Å². The summed E-state index contributed by atoms with van der Waals surface area (Å²) in [5, 5.41) is 0. The van der Waals surface area contributed by atoms with Crippen molar-refractivity contribution in [3.8, 4) is 0 Å². The molecule has 2 rings (SSSR count). The largest absolute Gasteiger partial charge is 0.418 e. The minimum absolute atomic E-state index is 0.0435. The third-order valence-corrected chi connectivity index (χ3v) is 7.59. The van der Waals surface area contributed by atoms with Crippen molar-refractivity contribution in [1.82, 2.24) is 0 Å². The average molecular weight is 554 g/mol. The van der Waals surface area contributed by atoms with Crippen molar-refractivity contribution in [2.75, 3.05) is 5.73 Å². The van der Waals surface area contributed by atoms with Crippen LogP contribution in [0, 0.1) is 11.8 Å². The van der Waals surface area contributed by atoms with Gasteiger partial charge in [-0.15, -0.1) is 5.73 Å². The Balaban J connectivity index is 2.10. The molecule has 0 aliphatic heterocycles. The SMILES string of the molecule is C=C=C1CCC(C(CCC)CCC(=C)C(=O)[C@@H](Cc2cc(Br)c(N)c(C(F)(F)F)c2)N=CC)CC1. The van der Waals surface area contributed by atoms with Gasteiger partial charge < -0.3 is 5.73 Å². The van der Waals surface area contributed by atoms with Crippen LogP contribution in [-0.2, 0) is 17.4 Å². The van der Waals surface area contributed by atoms with E-state index in [9.17, 15) is 18.0 Å². The van der Waals surface area contributed by atoms with Crippen molar-refractivity contribution < 1.29 is 18.0 Å². The van der Waals surface area contributed by atoms with Crippen LogP contribution in [0.1, 0.15) is 76.3 Å². The molecule has 0 spiro atoms. The Labute approximate surface area is 215 Å². The van der Waals surface area contributed by atoms with E-state index in [1.165, 1.54) is 17.9 Å². The van der Waals surface area contributed by atoms with Crippen LogP contribution >= 0.6 is 15.9 Å². The number of hydrogen-bond acceptors (Lipinski definition) is 3. The number of carbonyl (C=O) groups is 1. The zero-order valence-corrected chi connectivity index (χ0v) is 22.3. The van der Waals surface area contributed by atoms with Gasteiger partial charge in [0.2, 0.25) is 0 Å². The van der Waals surface area contributed by atoms with Crippen molar-refractivity contribution >= 4 is 33.6 Å². The number of nitrogens with two attached hydrogens (primary N) is 1. The number of nitrogens with zero attached hydrogens (tertiary/aromatic N) is 1. The second-order valence-corrected chi connectivity index (χ2v) is 10.2. The number of benzene rings is 1. The normalized spacial score (nSPS) is 18.3. The molecule has 7 heteroatoms. The first-order valence-electron chi connectivity index (χ1n) is 12.2. The molecule has 1 fully saturated rings. The molecule has 1 unspecified atom stereocenters. The second kappa shape index (κ2) is 13.3. The smallest absolute Gasteiger partial charge is 0.397 e. The highest BCUT2D eigenvalue weighted by Gasteiger charge is 2.34. The van der Waals surface area contributed by atoms with Crippen LogP contribution < -0.4 is 5.73 Å². The van der Waals surface area contributed by atoms with Gasteiger partial charge in [0.05, 0.1) is 11.3 Å². The average Bonchev–Trinajstić information content (AvgIpc) is 2.82. The fourth-order valence-electron chi connectivity index (χ4n) is 4.98. The fourth-order valence-corrected chi connectivity index (χ4v) is 5.49. The molecule has 1 aliphatic rings. The molecule has 2 N–H and O–H groups in total. The monoisotopic (exact) mass is 552 g/mol. The zero-order valence-electron chi connectivity index (χ0n) is 20.7. The van der Waals surface area contributed by atoms with Crippen LogP contribution in [-0.4, -0.2) is 18.0 Å². The molecule has 3 nitrogen and oxygen atoms in total. The van der Waals surface area contributed by atoms with E-state index >= 15 is 0 Å². The topological polar surface area (TPSA) is 55.5 Å². The maximum Gasteiger partial charge on any atom is 0.418 e. The molecule has 0 amide bonds. The van der Waals surface area contributed by atoms with Crippen LogP contribution in [0.4, 0.5) is 18.9 Å². The number of nitrogen functional groups attached to an aromatic ring is 1. The van der Waals surface area contributed by atoms with Crippen molar-refractivity contribution in [2.45, 2.75) is 83.9 Å². The highest BCUT2D eigenvalue weighted by atomic mass is 79.9. The molecule has 0 heterocycles. The molecule has 192 valence electrons. The lowest BCUT2D eigenvalue weighted by Crippen LogP contribution is -2.25. The van der Waals surface area contributed by atoms with Crippen LogP contribution in [0.25, 0.3) is 0 Å². The Kier molecular flexibility index (Phi) is 11.0. The van der Waals surface area contributed by atoms with E-state index in [-0.39, 0.29) is 22.4 Å². The predicted molar refractivity (Wildman–Crippen MR) is 142 cm³/mol. The van der Waals surface area contributed by atoms with E-state index in [0.29, 0.717) is 29.4 Å². The number of hydrogen-bond donors (Lipinski definition) is 1. The van der Waals surface area contributed by atoms with E-state index in [1.54, 1.807) is 6.92 Å². The summed E-state index contributed by atoms with van der Waals surface area (Å²) in [6.07, 6.45) is 4.94. The number of rotatable bonds is 11. The summed E-state index contributed by atoms with van der Waals surface area (Å²) >= 11 is 3.11. The van der Waals surface area contributed by atoms with Gasteiger partial charge in [0.15, 0.2) is 5.78 Å². The molecular weight excluding hydrogens is 517 g/mol. The lowest BCUT2D eigenvalue weighted by Gasteiger charge is -2.31. The van der Waals surface area contributed by atoms with Crippen molar-refractivity contribution in [1.29, 1.82) is 0 Å². The van der Waals surface area contributed by atoms with Crippen molar-refractivity contribution in [2.24, 2.45) is 16.8 Å². The van der Waals surface area contributed by atoms with E-state index in [4.69, 9.17) is 5.73 Å². The first-order chi connectivity index (χ1) is 16.5. The summed E-state index contributed by atoms with van der Waals surface area (Å²) in [6.45, 7) is 11.7. The number of Topliss-reactive ketones (excluding diaryl/α,β-unsaturated/α-hetero) is 1. The first kappa shape index (κ1) is 29.1. The lowest BCUT2D eigenvalue weighted by molar-refractivity contribution is -0.137. The fraction of sp³-hybridized carbons (Fsp3) is 0.536. The molecule has 0 radical (unpaired) electrons. The Hall–Kier alpha value is -2.11. The summed E-state index contributed by atoms with van der Waals surface area (Å²) in [7, 11) is 0. The Morgan fingerprint density at radius 3 is 2.51 bits per heavy atom. The summed E-state index contributed by atoms with van der Waals surface area (Å²) in [5.74, 6) is 0.916. The van der Waals surface area contributed by atoms with E-state index < -0.39 is 17.8 Å². The molecule has 0 saturated heterocycles. The number of ketones is 1. The summed E-state index contributed by atoms with van der Waals surface area (Å²) < 4.78 is 40.3. The lowest BCUT2D eigenvalue weighted by atomic mass is 9.74. The molecule has 1 aliphatic carbocycles. The molecule has 2 atom stereocenters. The first-order valence-corrected chi connectivity index (χ1v) is 13.0. The Bertz CT molecular complexity index is 983. The maximum atomic E-state index is 13.4. The van der Waals surface area contributed by atoms with Gasteiger partial charge in [-0.1, -0.05) is 32.9 Å². The standard InChI is InChI=1S/C28H36BrF3N2O/c1-5-8-21(22-13-10-19(6-2)11-14-22)12-9-18(4)27(35)25(34-7-3)17-20-15-23(28(30,31)32)26(33)24(29)16-20/h7,15-16,21-22,25H,2,4-5,8-14,17,33H2,1,3H3/t21?,25-/m1/s1.